The van der Waals surface area contributed by atoms with E-state index in [2.05, 4.69) is 4.98 Å². The Balaban J connectivity index is 2.26. The van der Waals surface area contributed by atoms with Gasteiger partial charge in [-0.3, -0.25) is 9.78 Å². The highest BCUT2D eigenvalue weighted by Gasteiger charge is 2.34. The summed E-state index contributed by atoms with van der Waals surface area (Å²) in [5.74, 6) is -1.32. The SMILES string of the molecule is O=C(O)[C@@H]1CCCN1C(=O)c1ccncc1Cl. The molecule has 1 aliphatic heterocycles. The normalized spacial score (nSPS) is 19.4. The molecule has 1 amide bonds. The Labute approximate surface area is 103 Å². The highest BCUT2D eigenvalue weighted by Crippen LogP contribution is 2.23. The lowest BCUT2D eigenvalue weighted by Crippen LogP contribution is -2.40. The number of nitrogens with zero attached hydrogens (tertiary/aromatic N) is 2. The van der Waals surface area contributed by atoms with Gasteiger partial charge in [0.15, 0.2) is 0 Å². The zero-order chi connectivity index (χ0) is 12.4. The Morgan fingerprint density at radius 2 is 2.29 bits per heavy atom. The summed E-state index contributed by atoms with van der Waals surface area (Å²) in [7, 11) is 0. The van der Waals surface area contributed by atoms with Gasteiger partial charge in [0, 0.05) is 18.9 Å². The van der Waals surface area contributed by atoms with Crippen molar-refractivity contribution >= 4 is 23.5 Å². The number of hydrogen-bond acceptors (Lipinski definition) is 3. The van der Waals surface area contributed by atoms with Crippen molar-refractivity contribution in [2.24, 2.45) is 0 Å². The van der Waals surface area contributed by atoms with Gasteiger partial charge in [-0.2, -0.15) is 0 Å². The molecule has 0 spiro atoms. The molecule has 6 heteroatoms. The minimum atomic E-state index is -0.971. The van der Waals surface area contributed by atoms with Crippen LogP contribution in [0, 0.1) is 0 Å². The summed E-state index contributed by atoms with van der Waals surface area (Å²) in [5.41, 5.74) is 0.301. The van der Waals surface area contributed by atoms with Crippen LogP contribution in [0.3, 0.4) is 0 Å². The zero-order valence-electron chi connectivity index (χ0n) is 8.97. The summed E-state index contributed by atoms with van der Waals surface area (Å²) < 4.78 is 0. The van der Waals surface area contributed by atoms with Crippen molar-refractivity contribution in [2.45, 2.75) is 18.9 Å². The second kappa shape index (κ2) is 4.71. The third kappa shape index (κ3) is 2.24. The molecule has 5 nitrogen and oxygen atoms in total. The largest absolute Gasteiger partial charge is 0.480 e. The van der Waals surface area contributed by atoms with Crippen LogP contribution in [-0.4, -0.2) is 39.5 Å². The molecule has 2 rings (SSSR count). The molecule has 0 aromatic carbocycles. The van der Waals surface area contributed by atoms with Crippen LogP contribution in [0.1, 0.15) is 23.2 Å². The molecule has 1 aromatic heterocycles. The van der Waals surface area contributed by atoms with Gasteiger partial charge in [-0.1, -0.05) is 11.6 Å². The number of likely N-dealkylation sites (tertiary alicyclic amines) is 1. The zero-order valence-corrected chi connectivity index (χ0v) is 9.72. The summed E-state index contributed by atoms with van der Waals surface area (Å²) in [5, 5.41) is 9.25. The van der Waals surface area contributed by atoms with Crippen LogP contribution in [0.15, 0.2) is 18.5 Å². The van der Waals surface area contributed by atoms with Crippen molar-refractivity contribution in [1.82, 2.24) is 9.88 Å². The molecule has 1 aromatic rings. The molecule has 1 atom stereocenters. The van der Waals surface area contributed by atoms with Crippen molar-refractivity contribution in [3.05, 3.63) is 29.0 Å². The standard InChI is InChI=1S/C11H11ClN2O3/c12-8-6-13-4-3-7(8)10(15)14-5-1-2-9(14)11(16)17/h3-4,6,9H,1-2,5H2,(H,16,17)/t9-/m0/s1. The van der Waals surface area contributed by atoms with E-state index in [1.54, 1.807) is 0 Å². The van der Waals surface area contributed by atoms with E-state index in [1.807, 2.05) is 0 Å². The summed E-state index contributed by atoms with van der Waals surface area (Å²) in [4.78, 5) is 28.3. The molecule has 1 saturated heterocycles. The Bertz CT molecular complexity index is 464. The van der Waals surface area contributed by atoms with Crippen molar-refractivity contribution in [3.8, 4) is 0 Å². The predicted octanol–water partition coefficient (Wildman–Crippen LogP) is 1.42. The summed E-state index contributed by atoms with van der Waals surface area (Å²) >= 11 is 5.87. The quantitative estimate of drug-likeness (QED) is 0.867. The number of aromatic nitrogens is 1. The van der Waals surface area contributed by atoms with Gasteiger partial charge >= 0.3 is 5.97 Å². The third-order valence-electron chi connectivity index (χ3n) is 2.80. The minimum Gasteiger partial charge on any atom is -0.480 e. The average molecular weight is 255 g/mol. The average Bonchev–Trinajstić information content (AvgIpc) is 2.77. The van der Waals surface area contributed by atoms with Crippen LogP contribution in [0.5, 0.6) is 0 Å². The van der Waals surface area contributed by atoms with Gasteiger partial charge in [0.2, 0.25) is 0 Å². The molecule has 1 N–H and O–H groups in total. The number of carboxylic acids is 1. The highest BCUT2D eigenvalue weighted by molar-refractivity contribution is 6.33. The van der Waals surface area contributed by atoms with Gasteiger partial charge in [-0.25, -0.2) is 4.79 Å². The molecule has 90 valence electrons. The maximum atomic E-state index is 12.1. The van der Waals surface area contributed by atoms with E-state index in [0.29, 0.717) is 24.9 Å². The maximum Gasteiger partial charge on any atom is 0.326 e. The van der Waals surface area contributed by atoms with E-state index in [9.17, 15) is 9.59 Å². The first-order chi connectivity index (χ1) is 8.11. The summed E-state index contributed by atoms with van der Waals surface area (Å²) in [6.07, 6.45) is 4.03. The Morgan fingerprint density at radius 3 is 2.94 bits per heavy atom. The van der Waals surface area contributed by atoms with Crippen molar-refractivity contribution in [2.75, 3.05) is 6.54 Å². The van der Waals surface area contributed by atoms with E-state index in [4.69, 9.17) is 16.7 Å². The Kier molecular flexibility index (Phi) is 3.28. The lowest BCUT2D eigenvalue weighted by atomic mass is 10.2. The van der Waals surface area contributed by atoms with Gasteiger partial charge < -0.3 is 10.0 Å². The van der Waals surface area contributed by atoms with Crippen LogP contribution >= 0.6 is 11.6 Å². The van der Waals surface area contributed by atoms with Crippen molar-refractivity contribution in [3.63, 3.8) is 0 Å². The van der Waals surface area contributed by atoms with E-state index in [-0.39, 0.29) is 10.9 Å². The first kappa shape index (κ1) is 11.9. The predicted molar refractivity (Wildman–Crippen MR) is 60.9 cm³/mol. The van der Waals surface area contributed by atoms with Gasteiger partial charge in [0.1, 0.15) is 6.04 Å². The molecule has 0 saturated carbocycles. The minimum absolute atomic E-state index is 0.244. The van der Waals surface area contributed by atoms with Crippen LogP contribution in [0.4, 0.5) is 0 Å². The fourth-order valence-corrected chi connectivity index (χ4v) is 2.17. The van der Waals surface area contributed by atoms with Crippen LogP contribution in [0.25, 0.3) is 0 Å². The third-order valence-corrected chi connectivity index (χ3v) is 3.10. The number of halogens is 1. The monoisotopic (exact) mass is 254 g/mol. The number of hydrogen-bond donors (Lipinski definition) is 1. The highest BCUT2D eigenvalue weighted by atomic mass is 35.5. The number of carbonyl (C=O) groups is 2. The Hall–Kier alpha value is -1.62. The second-order valence-corrected chi connectivity index (χ2v) is 4.26. The number of rotatable bonds is 2. The number of amides is 1. The lowest BCUT2D eigenvalue weighted by molar-refractivity contribution is -0.141. The first-order valence-electron chi connectivity index (χ1n) is 5.24. The van der Waals surface area contributed by atoms with Crippen molar-refractivity contribution < 1.29 is 14.7 Å². The van der Waals surface area contributed by atoms with Crippen LogP contribution in [-0.2, 0) is 4.79 Å². The summed E-state index contributed by atoms with van der Waals surface area (Å²) in [6, 6.07) is 0.758. The molecule has 2 heterocycles. The Morgan fingerprint density at radius 1 is 1.53 bits per heavy atom. The molecular formula is C11H11ClN2O3. The van der Waals surface area contributed by atoms with E-state index >= 15 is 0 Å². The topological polar surface area (TPSA) is 70.5 Å². The lowest BCUT2D eigenvalue weighted by Gasteiger charge is -2.21. The van der Waals surface area contributed by atoms with Gasteiger partial charge in [0.05, 0.1) is 10.6 Å². The number of carboxylic acid groups (broad SMARTS) is 1. The van der Waals surface area contributed by atoms with E-state index in [0.717, 1.165) is 0 Å². The van der Waals surface area contributed by atoms with Crippen molar-refractivity contribution in [1.29, 1.82) is 0 Å². The second-order valence-electron chi connectivity index (χ2n) is 3.85. The molecule has 0 unspecified atom stereocenters. The fraction of sp³-hybridized carbons (Fsp3) is 0.364. The van der Waals surface area contributed by atoms with Gasteiger partial charge in [-0.15, -0.1) is 0 Å². The number of aliphatic carboxylic acids is 1. The van der Waals surface area contributed by atoms with E-state index in [1.165, 1.54) is 23.4 Å². The molecule has 1 aliphatic rings. The van der Waals surface area contributed by atoms with Crippen LogP contribution < -0.4 is 0 Å². The van der Waals surface area contributed by atoms with Crippen LogP contribution in [0.2, 0.25) is 5.02 Å². The first-order valence-corrected chi connectivity index (χ1v) is 5.62. The summed E-state index contributed by atoms with van der Waals surface area (Å²) in [6.45, 7) is 0.453. The fourth-order valence-electron chi connectivity index (χ4n) is 1.97. The molecular weight excluding hydrogens is 244 g/mol. The molecule has 0 radical (unpaired) electrons. The molecule has 0 bridgehead atoms. The molecule has 0 aliphatic carbocycles. The number of pyridine rings is 1. The van der Waals surface area contributed by atoms with Gasteiger partial charge in [-0.05, 0) is 18.9 Å². The van der Waals surface area contributed by atoms with Gasteiger partial charge in [0.25, 0.3) is 5.91 Å². The smallest absolute Gasteiger partial charge is 0.326 e. The number of carbonyl (C=O) groups excluding carboxylic acids is 1. The van der Waals surface area contributed by atoms with E-state index < -0.39 is 12.0 Å². The molecule has 17 heavy (non-hydrogen) atoms. The maximum absolute atomic E-state index is 12.1. The molecule has 1 fully saturated rings.